The number of ether oxygens (including phenoxy) is 1. The predicted octanol–water partition coefficient (Wildman–Crippen LogP) is 1.44. The lowest BCUT2D eigenvalue weighted by atomic mass is 9.90. The number of nitrogens with one attached hydrogen (secondary N) is 1. The molecule has 1 aliphatic rings. The number of hydrogen-bond donors (Lipinski definition) is 2. The normalized spacial score (nSPS) is 18.7. The van der Waals surface area contributed by atoms with Crippen LogP contribution in [0.5, 0.6) is 0 Å². The Bertz CT molecular complexity index is 412. The third kappa shape index (κ3) is 2.84. The maximum absolute atomic E-state index is 12.1. The summed E-state index contributed by atoms with van der Waals surface area (Å²) in [4.78, 5) is 12.1. The zero-order valence-corrected chi connectivity index (χ0v) is 10.0. The lowest BCUT2D eigenvalue weighted by molar-refractivity contribution is -0.124. The number of hydrogen-bond acceptors (Lipinski definition) is 3. The molecule has 0 aliphatic carbocycles. The van der Waals surface area contributed by atoms with Crippen molar-refractivity contribution < 1.29 is 9.53 Å². The van der Waals surface area contributed by atoms with Crippen LogP contribution in [0.3, 0.4) is 0 Å². The molecule has 0 saturated carbocycles. The van der Waals surface area contributed by atoms with Gasteiger partial charge in [-0.2, -0.15) is 0 Å². The van der Waals surface area contributed by atoms with Crippen LogP contribution in [-0.2, 0) is 9.53 Å². The summed E-state index contributed by atoms with van der Waals surface area (Å²) >= 11 is 0. The summed E-state index contributed by atoms with van der Waals surface area (Å²) in [6, 6.07) is 7.70. The average molecular weight is 234 g/mol. The van der Waals surface area contributed by atoms with Crippen LogP contribution in [-0.4, -0.2) is 24.7 Å². The minimum absolute atomic E-state index is 0.119. The monoisotopic (exact) mass is 234 g/mol. The minimum atomic E-state index is -0.790. The quantitative estimate of drug-likeness (QED) is 0.814. The molecule has 4 nitrogen and oxygen atoms in total. The Labute approximate surface area is 101 Å². The van der Waals surface area contributed by atoms with Gasteiger partial charge in [-0.15, -0.1) is 0 Å². The molecule has 0 unspecified atom stereocenters. The molecule has 1 aromatic rings. The number of anilines is 1. The topological polar surface area (TPSA) is 64.4 Å². The van der Waals surface area contributed by atoms with Crippen molar-refractivity contribution in [3.63, 3.8) is 0 Å². The molecule has 1 heterocycles. The Morgan fingerprint density at radius 1 is 1.41 bits per heavy atom. The van der Waals surface area contributed by atoms with Crippen LogP contribution in [0.1, 0.15) is 18.4 Å². The number of carbonyl (C=O) groups excluding carboxylic acids is 1. The van der Waals surface area contributed by atoms with Gasteiger partial charge in [0.1, 0.15) is 5.54 Å². The van der Waals surface area contributed by atoms with Gasteiger partial charge in [0.25, 0.3) is 0 Å². The first-order valence-corrected chi connectivity index (χ1v) is 5.85. The molecule has 4 heteroatoms. The highest BCUT2D eigenvalue weighted by atomic mass is 16.5. The molecule has 17 heavy (non-hydrogen) atoms. The number of aryl methyl sites for hydroxylation is 1. The number of nitrogens with two attached hydrogens (primary N) is 1. The van der Waals surface area contributed by atoms with E-state index in [9.17, 15) is 4.79 Å². The summed E-state index contributed by atoms with van der Waals surface area (Å²) in [5.74, 6) is -0.119. The van der Waals surface area contributed by atoms with Crippen molar-refractivity contribution in [2.45, 2.75) is 25.3 Å². The van der Waals surface area contributed by atoms with Crippen LogP contribution < -0.4 is 11.1 Å². The van der Waals surface area contributed by atoms with Crippen molar-refractivity contribution in [3.8, 4) is 0 Å². The van der Waals surface area contributed by atoms with Gasteiger partial charge in [0, 0.05) is 18.9 Å². The van der Waals surface area contributed by atoms with Crippen LogP contribution in [0.2, 0.25) is 0 Å². The lowest BCUT2D eigenvalue weighted by Gasteiger charge is -2.31. The first-order valence-electron chi connectivity index (χ1n) is 5.85. The fourth-order valence-electron chi connectivity index (χ4n) is 1.94. The Hall–Kier alpha value is -1.39. The second-order valence-electron chi connectivity index (χ2n) is 4.59. The van der Waals surface area contributed by atoms with Gasteiger partial charge in [-0.3, -0.25) is 4.79 Å². The van der Waals surface area contributed by atoms with Crippen LogP contribution in [0, 0.1) is 6.92 Å². The highest BCUT2D eigenvalue weighted by molar-refractivity contribution is 5.98. The molecule has 0 spiro atoms. The van der Waals surface area contributed by atoms with Crippen molar-refractivity contribution in [2.75, 3.05) is 18.5 Å². The van der Waals surface area contributed by atoms with Crippen molar-refractivity contribution in [2.24, 2.45) is 5.73 Å². The van der Waals surface area contributed by atoms with Crippen LogP contribution in [0.25, 0.3) is 0 Å². The van der Waals surface area contributed by atoms with Gasteiger partial charge < -0.3 is 15.8 Å². The molecule has 92 valence electrons. The van der Waals surface area contributed by atoms with Gasteiger partial charge in [0.05, 0.1) is 0 Å². The maximum atomic E-state index is 12.1. The molecular weight excluding hydrogens is 216 g/mol. The third-order valence-electron chi connectivity index (χ3n) is 3.11. The van der Waals surface area contributed by atoms with Crippen molar-refractivity contribution in [3.05, 3.63) is 29.8 Å². The van der Waals surface area contributed by atoms with E-state index >= 15 is 0 Å². The summed E-state index contributed by atoms with van der Waals surface area (Å²) in [5.41, 5.74) is 7.22. The molecule has 0 atom stereocenters. The number of carbonyl (C=O) groups is 1. The van der Waals surface area contributed by atoms with Crippen molar-refractivity contribution >= 4 is 11.6 Å². The van der Waals surface area contributed by atoms with Gasteiger partial charge >= 0.3 is 0 Å². The van der Waals surface area contributed by atoms with Gasteiger partial charge in [-0.1, -0.05) is 12.1 Å². The Kier molecular flexibility index (Phi) is 3.45. The fraction of sp³-hybridized carbons (Fsp3) is 0.462. The Balaban J connectivity index is 2.05. The van der Waals surface area contributed by atoms with E-state index < -0.39 is 5.54 Å². The molecule has 1 saturated heterocycles. The zero-order chi connectivity index (χ0) is 12.3. The Morgan fingerprint density at radius 2 is 2.12 bits per heavy atom. The zero-order valence-electron chi connectivity index (χ0n) is 10.0. The number of amides is 1. The molecule has 0 radical (unpaired) electrons. The first-order chi connectivity index (χ1) is 8.10. The lowest BCUT2D eigenvalue weighted by Crippen LogP contribution is -2.54. The van der Waals surface area contributed by atoms with E-state index in [4.69, 9.17) is 10.5 Å². The van der Waals surface area contributed by atoms with Gasteiger partial charge in [0.15, 0.2) is 0 Å². The second kappa shape index (κ2) is 4.85. The summed E-state index contributed by atoms with van der Waals surface area (Å²) in [6.45, 7) is 3.10. The Morgan fingerprint density at radius 3 is 2.76 bits per heavy atom. The predicted molar refractivity (Wildman–Crippen MR) is 66.8 cm³/mol. The third-order valence-corrected chi connectivity index (χ3v) is 3.11. The molecule has 3 N–H and O–H groups in total. The summed E-state index contributed by atoms with van der Waals surface area (Å²) < 4.78 is 5.22. The minimum Gasteiger partial charge on any atom is -0.381 e. The van der Waals surface area contributed by atoms with E-state index in [1.807, 2.05) is 31.2 Å². The van der Waals surface area contributed by atoms with E-state index in [0.717, 1.165) is 11.3 Å². The molecule has 0 bridgehead atoms. The van der Waals surface area contributed by atoms with Gasteiger partial charge in [-0.25, -0.2) is 0 Å². The SMILES string of the molecule is Cc1cccc(NC(=O)C2(N)CCOCC2)c1. The standard InChI is InChI=1S/C13H18N2O2/c1-10-3-2-4-11(9-10)15-12(16)13(14)5-7-17-8-6-13/h2-4,9H,5-8,14H2,1H3,(H,15,16). The highest BCUT2D eigenvalue weighted by Gasteiger charge is 2.35. The summed E-state index contributed by atoms with van der Waals surface area (Å²) in [6.07, 6.45) is 1.15. The summed E-state index contributed by atoms with van der Waals surface area (Å²) in [7, 11) is 0. The van der Waals surface area contributed by atoms with E-state index in [1.165, 1.54) is 0 Å². The average Bonchev–Trinajstić information content (AvgIpc) is 2.30. The van der Waals surface area contributed by atoms with Crippen LogP contribution in [0.4, 0.5) is 5.69 Å². The molecule has 1 aromatic carbocycles. The molecule has 2 rings (SSSR count). The van der Waals surface area contributed by atoms with Gasteiger partial charge in [-0.05, 0) is 37.5 Å². The molecule has 1 amide bonds. The number of rotatable bonds is 2. The number of benzene rings is 1. The fourth-order valence-corrected chi connectivity index (χ4v) is 1.94. The van der Waals surface area contributed by atoms with E-state index in [1.54, 1.807) is 0 Å². The van der Waals surface area contributed by atoms with E-state index in [0.29, 0.717) is 26.1 Å². The second-order valence-corrected chi connectivity index (χ2v) is 4.59. The van der Waals surface area contributed by atoms with E-state index in [2.05, 4.69) is 5.32 Å². The van der Waals surface area contributed by atoms with Crippen LogP contribution in [0.15, 0.2) is 24.3 Å². The highest BCUT2D eigenvalue weighted by Crippen LogP contribution is 2.20. The van der Waals surface area contributed by atoms with Gasteiger partial charge in [0.2, 0.25) is 5.91 Å². The molecule has 1 fully saturated rings. The van der Waals surface area contributed by atoms with E-state index in [-0.39, 0.29) is 5.91 Å². The largest absolute Gasteiger partial charge is 0.381 e. The smallest absolute Gasteiger partial charge is 0.244 e. The first kappa shape index (κ1) is 12.1. The molecule has 1 aliphatic heterocycles. The van der Waals surface area contributed by atoms with Crippen molar-refractivity contribution in [1.82, 2.24) is 0 Å². The summed E-state index contributed by atoms with van der Waals surface area (Å²) in [5, 5.41) is 2.87. The molecular formula is C13H18N2O2. The maximum Gasteiger partial charge on any atom is 0.244 e. The van der Waals surface area contributed by atoms with Crippen LogP contribution >= 0.6 is 0 Å². The molecule has 0 aromatic heterocycles. The van der Waals surface area contributed by atoms with Crippen molar-refractivity contribution in [1.29, 1.82) is 0 Å².